The van der Waals surface area contributed by atoms with Gasteiger partial charge in [-0.2, -0.15) is 0 Å². The van der Waals surface area contributed by atoms with Crippen molar-refractivity contribution in [2.75, 3.05) is 25.0 Å². The topological polar surface area (TPSA) is 21.3 Å². The van der Waals surface area contributed by atoms with E-state index in [1.54, 1.807) is 0 Å². The number of hydrogen-bond acceptors (Lipinski definition) is 2. The minimum absolute atomic E-state index is 0.432. The fraction of sp³-hybridized carbons (Fsp3) is 1.00. The fourth-order valence-electron chi connectivity index (χ4n) is 1.08. The predicted octanol–water partition coefficient (Wildman–Crippen LogP) is 1.15. The highest BCUT2D eigenvalue weighted by atomic mass is 79.9. The van der Waals surface area contributed by atoms with Crippen LogP contribution >= 0.6 is 15.9 Å². The van der Waals surface area contributed by atoms with Crippen LogP contribution < -0.4 is 5.32 Å². The first kappa shape index (κ1) is 8.50. The Balaban J connectivity index is 2.15. The zero-order valence-electron chi connectivity index (χ0n) is 6.11. The summed E-state index contributed by atoms with van der Waals surface area (Å²) >= 11 is 3.40. The average molecular weight is 208 g/mol. The summed E-state index contributed by atoms with van der Waals surface area (Å²) in [6.07, 6.45) is 2.70. The van der Waals surface area contributed by atoms with Gasteiger partial charge in [0.05, 0.1) is 6.10 Å². The van der Waals surface area contributed by atoms with E-state index >= 15 is 0 Å². The van der Waals surface area contributed by atoms with Crippen molar-refractivity contribution in [3.63, 3.8) is 0 Å². The van der Waals surface area contributed by atoms with Crippen molar-refractivity contribution in [2.24, 2.45) is 0 Å². The predicted molar refractivity (Wildman–Crippen MR) is 45.6 cm³/mol. The Kier molecular flexibility index (Phi) is 4.34. The molecule has 0 saturated carbocycles. The van der Waals surface area contributed by atoms with Crippen LogP contribution in [0.4, 0.5) is 0 Å². The van der Waals surface area contributed by atoms with Crippen molar-refractivity contribution in [1.29, 1.82) is 0 Å². The normalized spacial score (nSPS) is 27.9. The third kappa shape index (κ3) is 2.99. The molecule has 1 saturated heterocycles. The Hall–Kier alpha value is 0.400. The van der Waals surface area contributed by atoms with Crippen molar-refractivity contribution >= 4 is 15.9 Å². The molecule has 1 fully saturated rings. The monoisotopic (exact) mass is 207 g/mol. The lowest BCUT2D eigenvalue weighted by atomic mass is 10.3. The van der Waals surface area contributed by atoms with Gasteiger partial charge in [0.15, 0.2) is 0 Å². The minimum Gasteiger partial charge on any atom is -0.377 e. The van der Waals surface area contributed by atoms with Crippen molar-refractivity contribution in [3.05, 3.63) is 0 Å². The lowest BCUT2D eigenvalue weighted by Gasteiger charge is -2.12. The van der Waals surface area contributed by atoms with Crippen LogP contribution in [0.15, 0.2) is 0 Å². The molecule has 0 amide bonds. The lowest BCUT2D eigenvalue weighted by molar-refractivity contribution is 0.0657. The average Bonchev–Trinajstić information content (AvgIpc) is 2.17. The first-order valence-electron chi connectivity index (χ1n) is 3.82. The Morgan fingerprint density at radius 1 is 1.60 bits per heavy atom. The molecule has 0 bridgehead atoms. The van der Waals surface area contributed by atoms with Gasteiger partial charge >= 0.3 is 0 Å². The standard InChI is InChI=1S/C7H14BrNO/c8-3-2-7-6-9-4-1-5-10-7/h7,9H,1-6H2. The van der Waals surface area contributed by atoms with Crippen molar-refractivity contribution in [2.45, 2.75) is 18.9 Å². The Morgan fingerprint density at radius 2 is 2.50 bits per heavy atom. The zero-order valence-corrected chi connectivity index (χ0v) is 7.69. The highest BCUT2D eigenvalue weighted by Crippen LogP contribution is 2.03. The van der Waals surface area contributed by atoms with Gasteiger partial charge in [-0.05, 0) is 19.4 Å². The first-order valence-corrected chi connectivity index (χ1v) is 4.94. The van der Waals surface area contributed by atoms with Crippen molar-refractivity contribution in [1.82, 2.24) is 5.32 Å². The Bertz CT molecular complexity index is 81.7. The van der Waals surface area contributed by atoms with E-state index in [0.717, 1.165) is 37.9 Å². The van der Waals surface area contributed by atoms with E-state index in [9.17, 15) is 0 Å². The summed E-state index contributed by atoms with van der Waals surface area (Å²) in [5.41, 5.74) is 0. The van der Waals surface area contributed by atoms with E-state index in [1.807, 2.05) is 0 Å². The number of hydrogen-bond donors (Lipinski definition) is 1. The maximum atomic E-state index is 5.55. The summed E-state index contributed by atoms with van der Waals surface area (Å²) in [7, 11) is 0. The second-order valence-corrected chi connectivity index (χ2v) is 3.32. The summed E-state index contributed by atoms with van der Waals surface area (Å²) in [4.78, 5) is 0. The van der Waals surface area contributed by atoms with E-state index in [1.165, 1.54) is 0 Å². The van der Waals surface area contributed by atoms with Gasteiger partial charge in [0.1, 0.15) is 0 Å². The number of rotatable bonds is 2. The highest BCUT2D eigenvalue weighted by molar-refractivity contribution is 9.09. The molecule has 0 radical (unpaired) electrons. The molecule has 2 nitrogen and oxygen atoms in total. The molecule has 0 aromatic heterocycles. The largest absolute Gasteiger partial charge is 0.377 e. The number of halogens is 1. The third-order valence-electron chi connectivity index (χ3n) is 1.65. The Labute approximate surface area is 70.5 Å². The van der Waals surface area contributed by atoms with Crippen LogP contribution in [-0.4, -0.2) is 31.1 Å². The molecular formula is C7H14BrNO. The van der Waals surface area contributed by atoms with E-state index in [2.05, 4.69) is 21.2 Å². The van der Waals surface area contributed by atoms with E-state index < -0.39 is 0 Å². The second kappa shape index (κ2) is 5.10. The summed E-state index contributed by atoms with van der Waals surface area (Å²) in [6.45, 7) is 3.05. The van der Waals surface area contributed by atoms with Crippen LogP contribution in [0, 0.1) is 0 Å². The van der Waals surface area contributed by atoms with E-state index in [4.69, 9.17) is 4.74 Å². The summed E-state index contributed by atoms with van der Waals surface area (Å²) < 4.78 is 5.55. The molecule has 1 aliphatic rings. The summed E-state index contributed by atoms with van der Waals surface area (Å²) in [6, 6.07) is 0. The van der Waals surface area contributed by atoms with Gasteiger partial charge < -0.3 is 10.1 Å². The molecule has 0 spiro atoms. The van der Waals surface area contributed by atoms with Gasteiger partial charge in [-0.15, -0.1) is 0 Å². The number of ether oxygens (including phenoxy) is 1. The SMILES string of the molecule is BrCCC1CNCCCO1. The summed E-state index contributed by atoms with van der Waals surface area (Å²) in [5.74, 6) is 0. The van der Waals surface area contributed by atoms with Gasteiger partial charge in [-0.3, -0.25) is 0 Å². The van der Waals surface area contributed by atoms with Gasteiger partial charge in [-0.25, -0.2) is 0 Å². The van der Waals surface area contributed by atoms with Crippen molar-refractivity contribution < 1.29 is 4.74 Å². The van der Waals surface area contributed by atoms with Crippen LogP contribution in [0.1, 0.15) is 12.8 Å². The fourth-order valence-corrected chi connectivity index (χ4v) is 1.59. The molecule has 0 aliphatic carbocycles. The molecule has 1 unspecified atom stereocenters. The number of alkyl halides is 1. The van der Waals surface area contributed by atoms with Crippen LogP contribution in [0.5, 0.6) is 0 Å². The molecule has 1 rings (SSSR count). The molecule has 1 heterocycles. The molecule has 0 aromatic rings. The van der Waals surface area contributed by atoms with Crippen molar-refractivity contribution in [3.8, 4) is 0 Å². The molecule has 60 valence electrons. The molecule has 1 aliphatic heterocycles. The highest BCUT2D eigenvalue weighted by Gasteiger charge is 2.09. The third-order valence-corrected chi connectivity index (χ3v) is 2.11. The first-order chi connectivity index (χ1) is 4.93. The van der Waals surface area contributed by atoms with Gasteiger partial charge in [0.25, 0.3) is 0 Å². The van der Waals surface area contributed by atoms with Crippen LogP contribution in [-0.2, 0) is 4.74 Å². The van der Waals surface area contributed by atoms with E-state index in [0.29, 0.717) is 6.10 Å². The molecule has 1 N–H and O–H groups in total. The molecule has 3 heteroatoms. The smallest absolute Gasteiger partial charge is 0.0707 e. The molecule has 0 aromatic carbocycles. The Morgan fingerprint density at radius 3 is 3.30 bits per heavy atom. The lowest BCUT2D eigenvalue weighted by Crippen LogP contribution is -2.26. The minimum atomic E-state index is 0.432. The molecule has 10 heavy (non-hydrogen) atoms. The molecule has 1 atom stereocenters. The maximum absolute atomic E-state index is 5.55. The number of nitrogens with one attached hydrogen (secondary N) is 1. The maximum Gasteiger partial charge on any atom is 0.0707 e. The van der Waals surface area contributed by atoms with Crippen LogP contribution in [0.3, 0.4) is 0 Å². The van der Waals surface area contributed by atoms with Gasteiger partial charge in [0, 0.05) is 18.5 Å². The van der Waals surface area contributed by atoms with Crippen LogP contribution in [0.25, 0.3) is 0 Å². The molecular weight excluding hydrogens is 194 g/mol. The quantitative estimate of drug-likeness (QED) is 0.687. The second-order valence-electron chi connectivity index (χ2n) is 2.53. The summed E-state index contributed by atoms with van der Waals surface area (Å²) in [5, 5.41) is 4.38. The van der Waals surface area contributed by atoms with Gasteiger partial charge in [0.2, 0.25) is 0 Å². The van der Waals surface area contributed by atoms with Gasteiger partial charge in [-0.1, -0.05) is 15.9 Å². The van der Waals surface area contributed by atoms with E-state index in [-0.39, 0.29) is 0 Å². The zero-order chi connectivity index (χ0) is 7.23. The van der Waals surface area contributed by atoms with Crippen LogP contribution in [0.2, 0.25) is 0 Å².